The highest BCUT2D eigenvalue weighted by atomic mass is 16.5. The summed E-state index contributed by atoms with van der Waals surface area (Å²) in [7, 11) is 0. The summed E-state index contributed by atoms with van der Waals surface area (Å²) in [5.41, 5.74) is 3.81. The van der Waals surface area contributed by atoms with Crippen molar-refractivity contribution >= 4 is 5.97 Å². The second kappa shape index (κ2) is 11.3. The van der Waals surface area contributed by atoms with E-state index in [4.69, 9.17) is 4.74 Å². The van der Waals surface area contributed by atoms with E-state index in [0.29, 0.717) is 13.0 Å². The summed E-state index contributed by atoms with van der Waals surface area (Å²) in [4.78, 5) is 11.6. The van der Waals surface area contributed by atoms with E-state index in [9.17, 15) is 4.79 Å². The SMILES string of the molecule is CCOC(=O)CCCCCCC(c1ccccc1)(c1ccccc1)c1ccccc1. The van der Waals surface area contributed by atoms with Crippen LogP contribution in [0.4, 0.5) is 0 Å². The number of hydrogen-bond acceptors (Lipinski definition) is 2. The highest BCUT2D eigenvalue weighted by Gasteiger charge is 2.35. The number of carbonyl (C=O) groups excluding carboxylic acids is 1. The van der Waals surface area contributed by atoms with Crippen LogP contribution in [0.3, 0.4) is 0 Å². The van der Waals surface area contributed by atoms with E-state index < -0.39 is 0 Å². The summed E-state index contributed by atoms with van der Waals surface area (Å²) in [6, 6.07) is 32.6. The number of carbonyl (C=O) groups is 1. The van der Waals surface area contributed by atoms with Crippen LogP contribution in [-0.4, -0.2) is 12.6 Å². The molecule has 0 saturated heterocycles. The molecular formula is C28H32O2. The van der Waals surface area contributed by atoms with Gasteiger partial charge in [-0.1, -0.05) is 110 Å². The number of ether oxygens (including phenoxy) is 1. The van der Waals surface area contributed by atoms with Gasteiger partial charge in [-0.3, -0.25) is 4.79 Å². The molecule has 0 unspecified atom stereocenters. The Kier molecular flexibility index (Phi) is 8.26. The van der Waals surface area contributed by atoms with Crippen LogP contribution in [0.1, 0.15) is 62.1 Å². The zero-order valence-electron chi connectivity index (χ0n) is 17.9. The molecule has 30 heavy (non-hydrogen) atoms. The molecule has 156 valence electrons. The predicted octanol–water partition coefficient (Wildman–Crippen LogP) is 6.92. The molecule has 0 aliphatic carbocycles. The Morgan fingerprint density at radius 2 is 1.10 bits per heavy atom. The van der Waals surface area contributed by atoms with Gasteiger partial charge in [0.05, 0.1) is 6.61 Å². The van der Waals surface area contributed by atoms with Crippen molar-refractivity contribution in [2.45, 2.75) is 50.9 Å². The van der Waals surface area contributed by atoms with Crippen molar-refractivity contribution in [3.63, 3.8) is 0 Å². The van der Waals surface area contributed by atoms with E-state index in [2.05, 4.69) is 91.0 Å². The fraction of sp³-hybridized carbons (Fsp3) is 0.321. The Balaban J connectivity index is 1.82. The third kappa shape index (κ3) is 5.38. The van der Waals surface area contributed by atoms with Gasteiger partial charge in [0.15, 0.2) is 0 Å². The zero-order chi connectivity index (χ0) is 21.1. The van der Waals surface area contributed by atoms with Crippen LogP contribution in [0.5, 0.6) is 0 Å². The maximum absolute atomic E-state index is 11.6. The summed E-state index contributed by atoms with van der Waals surface area (Å²) in [6.07, 6.45) is 5.70. The molecule has 0 fully saturated rings. The second-order valence-corrected chi connectivity index (χ2v) is 7.72. The topological polar surface area (TPSA) is 26.3 Å². The molecule has 0 atom stereocenters. The number of hydrogen-bond donors (Lipinski definition) is 0. The molecular weight excluding hydrogens is 368 g/mol. The molecule has 0 heterocycles. The van der Waals surface area contributed by atoms with Crippen molar-refractivity contribution in [1.82, 2.24) is 0 Å². The van der Waals surface area contributed by atoms with E-state index in [0.717, 1.165) is 32.1 Å². The minimum atomic E-state index is -0.176. The molecule has 2 heteroatoms. The van der Waals surface area contributed by atoms with E-state index >= 15 is 0 Å². The Morgan fingerprint density at radius 1 is 0.667 bits per heavy atom. The molecule has 0 bridgehead atoms. The van der Waals surface area contributed by atoms with Crippen LogP contribution in [0.15, 0.2) is 91.0 Å². The van der Waals surface area contributed by atoms with Gasteiger partial charge in [0.25, 0.3) is 0 Å². The lowest BCUT2D eigenvalue weighted by molar-refractivity contribution is -0.143. The normalized spacial score (nSPS) is 11.2. The molecule has 0 aliphatic heterocycles. The lowest BCUT2D eigenvalue weighted by Crippen LogP contribution is -2.29. The van der Waals surface area contributed by atoms with Crippen molar-refractivity contribution in [1.29, 1.82) is 0 Å². The Hall–Kier alpha value is -2.87. The molecule has 0 radical (unpaired) electrons. The summed E-state index contributed by atoms with van der Waals surface area (Å²) >= 11 is 0. The average molecular weight is 401 g/mol. The van der Waals surface area contributed by atoms with Gasteiger partial charge >= 0.3 is 5.97 Å². The minimum Gasteiger partial charge on any atom is -0.466 e. The Labute approximate surface area is 180 Å². The van der Waals surface area contributed by atoms with Crippen LogP contribution in [0.25, 0.3) is 0 Å². The van der Waals surface area contributed by atoms with Crippen molar-refractivity contribution in [2.75, 3.05) is 6.61 Å². The molecule has 0 N–H and O–H groups in total. The maximum atomic E-state index is 11.6. The number of benzene rings is 3. The molecule has 2 nitrogen and oxygen atoms in total. The quantitative estimate of drug-likeness (QED) is 0.198. The van der Waals surface area contributed by atoms with E-state index in [1.807, 2.05) is 6.92 Å². The molecule has 0 spiro atoms. The third-order valence-electron chi connectivity index (χ3n) is 5.79. The molecule has 3 rings (SSSR count). The predicted molar refractivity (Wildman–Crippen MR) is 124 cm³/mol. The highest BCUT2D eigenvalue weighted by molar-refractivity contribution is 5.69. The van der Waals surface area contributed by atoms with Crippen LogP contribution >= 0.6 is 0 Å². The lowest BCUT2D eigenvalue weighted by Gasteiger charge is -2.36. The Morgan fingerprint density at radius 3 is 1.53 bits per heavy atom. The summed E-state index contributed by atoms with van der Waals surface area (Å²) < 4.78 is 5.04. The standard InChI is InChI=1S/C28H32O2/c1-2-30-27(29)22-14-3-4-15-23-28(24-16-8-5-9-17-24,25-18-10-6-11-19-25)26-20-12-7-13-21-26/h5-13,16-21H,2-4,14-15,22-23H2,1H3. The third-order valence-corrected chi connectivity index (χ3v) is 5.79. The van der Waals surface area contributed by atoms with Gasteiger partial charge in [0, 0.05) is 11.8 Å². The lowest BCUT2D eigenvalue weighted by atomic mass is 9.66. The number of esters is 1. The molecule has 3 aromatic rings. The van der Waals surface area contributed by atoms with Gasteiger partial charge in [-0.05, 0) is 36.5 Å². The van der Waals surface area contributed by atoms with Gasteiger partial charge in [-0.25, -0.2) is 0 Å². The Bertz CT molecular complexity index is 776. The first-order valence-corrected chi connectivity index (χ1v) is 11.1. The first-order valence-electron chi connectivity index (χ1n) is 11.1. The minimum absolute atomic E-state index is 0.0790. The van der Waals surface area contributed by atoms with Gasteiger partial charge in [-0.2, -0.15) is 0 Å². The monoisotopic (exact) mass is 400 g/mol. The molecule has 0 aromatic heterocycles. The second-order valence-electron chi connectivity index (χ2n) is 7.72. The smallest absolute Gasteiger partial charge is 0.305 e. The van der Waals surface area contributed by atoms with E-state index in [1.165, 1.54) is 16.7 Å². The van der Waals surface area contributed by atoms with Crippen LogP contribution in [0, 0.1) is 0 Å². The zero-order valence-corrected chi connectivity index (χ0v) is 17.9. The number of rotatable bonds is 11. The van der Waals surface area contributed by atoms with Crippen LogP contribution in [0.2, 0.25) is 0 Å². The van der Waals surface area contributed by atoms with Gasteiger partial charge < -0.3 is 4.74 Å². The van der Waals surface area contributed by atoms with Crippen molar-refractivity contribution < 1.29 is 9.53 Å². The fourth-order valence-corrected chi connectivity index (χ4v) is 4.35. The molecule has 0 amide bonds. The molecule has 3 aromatic carbocycles. The van der Waals surface area contributed by atoms with Crippen molar-refractivity contribution in [3.8, 4) is 0 Å². The van der Waals surface area contributed by atoms with E-state index in [1.54, 1.807) is 0 Å². The average Bonchev–Trinajstić information content (AvgIpc) is 2.81. The first-order chi connectivity index (χ1) is 14.8. The molecule has 0 saturated carbocycles. The summed E-state index contributed by atoms with van der Waals surface area (Å²) in [6.45, 7) is 2.32. The van der Waals surface area contributed by atoms with Gasteiger partial charge in [0.2, 0.25) is 0 Å². The van der Waals surface area contributed by atoms with Gasteiger partial charge in [0.1, 0.15) is 0 Å². The van der Waals surface area contributed by atoms with E-state index in [-0.39, 0.29) is 11.4 Å². The largest absolute Gasteiger partial charge is 0.466 e. The van der Waals surface area contributed by atoms with Crippen molar-refractivity contribution in [3.05, 3.63) is 108 Å². The fourth-order valence-electron chi connectivity index (χ4n) is 4.35. The van der Waals surface area contributed by atoms with Crippen LogP contribution in [-0.2, 0) is 14.9 Å². The van der Waals surface area contributed by atoms with Crippen molar-refractivity contribution in [2.24, 2.45) is 0 Å². The maximum Gasteiger partial charge on any atom is 0.305 e. The highest BCUT2D eigenvalue weighted by Crippen LogP contribution is 2.43. The summed E-state index contributed by atoms with van der Waals surface area (Å²) in [5, 5.41) is 0. The van der Waals surface area contributed by atoms with Crippen LogP contribution < -0.4 is 0 Å². The van der Waals surface area contributed by atoms with Gasteiger partial charge in [-0.15, -0.1) is 0 Å². The first kappa shape index (κ1) is 21.8. The summed E-state index contributed by atoms with van der Waals surface area (Å²) in [5.74, 6) is -0.0790. The number of unbranched alkanes of at least 4 members (excludes halogenated alkanes) is 3. The molecule has 0 aliphatic rings.